The fourth-order valence-electron chi connectivity index (χ4n) is 2.38. The van der Waals surface area contributed by atoms with Gasteiger partial charge in [-0.2, -0.15) is 0 Å². The summed E-state index contributed by atoms with van der Waals surface area (Å²) < 4.78 is 2.16. The zero-order chi connectivity index (χ0) is 12.5. The zero-order valence-corrected chi connectivity index (χ0v) is 10.6. The Kier molecular flexibility index (Phi) is 2.63. The van der Waals surface area contributed by atoms with E-state index in [1.165, 1.54) is 10.8 Å². The van der Waals surface area contributed by atoms with E-state index in [-0.39, 0.29) is 6.85 Å². The molecule has 2 aromatic rings. The molecule has 0 saturated carbocycles. The van der Waals surface area contributed by atoms with Gasteiger partial charge in [-0.3, -0.25) is 4.98 Å². The highest BCUT2D eigenvalue weighted by molar-refractivity contribution is 6.82. The highest BCUT2D eigenvalue weighted by Crippen LogP contribution is 1.96. The minimum atomic E-state index is 0.257. The van der Waals surface area contributed by atoms with Gasteiger partial charge in [0.15, 0.2) is 11.8 Å². The predicted octanol–water partition coefficient (Wildman–Crippen LogP) is -1.19. The molecule has 0 fully saturated rings. The van der Waals surface area contributed by atoms with Crippen molar-refractivity contribution in [2.45, 2.75) is 0 Å². The van der Waals surface area contributed by atoms with E-state index in [2.05, 4.69) is 65.0 Å². The average molecular weight is 236 g/mol. The Hall–Kier alpha value is -2.10. The lowest BCUT2D eigenvalue weighted by Gasteiger charge is -2.21. The van der Waals surface area contributed by atoms with Gasteiger partial charge in [-0.1, -0.05) is 18.1 Å². The lowest BCUT2D eigenvalue weighted by molar-refractivity contribution is -0.654. The minimum Gasteiger partial charge on any atom is -0.409 e. The van der Waals surface area contributed by atoms with Gasteiger partial charge in [-0.25, -0.2) is 4.57 Å². The lowest BCUT2D eigenvalue weighted by atomic mass is 9.56. The van der Waals surface area contributed by atoms with Gasteiger partial charge in [-0.15, -0.1) is 0 Å². The second kappa shape index (κ2) is 4.29. The van der Waals surface area contributed by atoms with Gasteiger partial charge < -0.3 is 4.81 Å². The van der Waals surface area contributed by atoms with Crippen molar-refractivity contribution in [2.75, 3.05) is 7.05 Å². The van der Waals surface area contributed by atoms with Crippen LogP contribution in [0.2, 0.25) is 0 Å². The molecule has 4 heteroatoms. The minimum absolute atomic E-state index is 0.257. The van der Waals surface area contributed by atoms with Crippen molar-refractivity contribution in [2.24, 2.45) is 7.05 Å². The van der Waals surface area contributed by atoms with E-state index in [9.17, 15) is 0 Å². The number of aromatic nitrogens is 2. The molecule has 1 aliphatic heterocycles. The van der Waals surface area contributed by atoms with Gasteiger partial charge in [0.05, 0.1) is 5.35 Å². The van der Waals surface area contributed by atoms with E-state index in [4.69, 9.17) is 0 Å². The van der Waals surface area contributed by atoms with Crippen LogP contribution in [0.4, 0.5) is 0 Å². The van der Waals surface area contributed by atoms with Crippen LogP contribution in [0.3, 0.4) is 0 Å². The Bertz CT molecular complexity index is 696. The van der Waals surface area contributed by atoms with Crippen molar-refractivity contribution in [1.82, 2.24) is 9.79 Å². The Morgan fingerprint density at radius 3 is 2.94 bits per heavy atom. The predicted molar refractivity (Wildman–Crippen MR) is 73.2 cm³/mol. The van der Waals surface area contributed by atoms with Gasteiger partial charge in [0.2, 0.25) is 0 Å². The lowest BCUT2D eigenvalue weighted by Crippen LogP contribution is -2.61. The summed E-state index contributed by atoms with van der Waals surface area (Å²) in [5.74, 6) is 2.26. The number of rotatable bonds is 1. The maximum absolute atomic E-state index is 4.38. The number of hydrogen-bond acceptors (Lipinski definition) is 2. The summed E-state index contributed by atoms with van der Waals surface area (Å²) in [6.07, 6.45) is 6.02. The molecule has 3 nitrogen and oxygen atoms in total. The molecule has 0 amide bonds. The molecule has 0 spiro atoms. The second-order valence-corrected chi connectivity index (χ2v) is 4.62. The first-order valence-corrected chi connectivity index (χ1v) is 6.07. The number of pyridine rings is 2. The van der Waals surface area contributed by atoms with Crippen molar-refractivity contribution >= 4 is 24.6 Å². The van der Waals surface area contributed by atoms with Crippen LogP contribution in [0.25, 0.3) is 12.2 Å². The number of fused-ring (bicyclic) bond motifs is 1. The smallest absolute Gasteiger partial charge is 0.396 e. The quantitative estimate of drug-likeness (QED) is 0.458. The van der Waals surface area contributed by atoms with Crippen LogP contribution in [0, 0.1) is 0 Å². The van der Waals surface area contributed by atoms with Crippen LogP contribution >= 0.6 is 0 Å². The van der Waals surface area contributed by atoms with Gasteiger partial charge in [0.1, 0.15) is 7.05 Å². The Morgan fingerprint density at radius 1 is 1.22 bits per heavy atom. The molecule has 0 bridgehead atoms. The van der Waals surface area contributed by atoms with Crippen LogP contribution in [0.1, 0.15) is 0 Å². The Labute approximate surface area is 107 Å². The summed E-state index contributed by atoms with van der Waals surface area (Å²) >= 11 is 0. The zero-order valence-electron chi connectivity index (χ0n) is 10.6. The Morgan fingerprint density at radius 2 is 2.11 bits per heavy atom. The fraction of sp³-hybridized carbons (Fsp3) is 0.143. The average Bonchev–Trinajstić information content (AvgIpc) is 2.39. The van der Waals surface area contributed by atoms with Gasteiger partial charge in [0, 0.05) is 18.5 Å². The summed E-state index contributed by atoms with van der Waals surface area (Å²) in [4.78, 5) is 6.58. The summed E-state index contributed by atoms with van der Waals surface area (Å²) in [6.45, 7) is 0.257. The summed E-state index contributed by atoms with van der Waals surface area (Å²) in [5, 5.41) is 2.24. The molecule has 0 radical (unpaired) electrons. The molecular weight excluding hydrogens is 221 g/mol. The molecule has 0 aliphatic carbocycles. The molecule has 3 rings (SSSR count). The molecule has 88 valence electrons. The van der Waals surface area contributed by atoms with Crippen molar-refractivity contribution in [1.29, 1.82) is 0 Å². The third kappa shape index (κ3) is 1.80. The SMILES string of the molecule is CN1C=c2ncccc2=CB1c1cccc[n+]1C. The molecule has 0 atom stereocenters. The molecule has 0 unspecified atom stereocenters. The topological polar surface area (TPSA) is 20.0 Å². The fourth-order valence-corrected chi connectivity index (χ4v) is 2.38. The van der Waals surface area contributed by atoms with Gasteiger partial charge in [-0.05, 0) is 24.4 Å². The number of nitrogens with zero attached hydrogens (tertiary/aromatic N) is 3. The monoisotopic (exact) mass is 236 g/mol. The van der Waals surface area contributed by atoms with Gasteiger partial charge in [0.25, 0.3) is 0 Å². The molecular formula is C14H15BN3+. The van der Waals surface area contributed by atoms with Crippen LogP contribution in [-0.4, -0.2) is 23.7 Å². The molecule has 2 aromatic heterocycles. The molecule has 0 saturated heterocycles. The third-order valence-corrected chi connectivity index (χ3v) is 3.37. The van der Waals surface area contributed by atoms with Crippen LogP contribution < -0.4 is 20.7 Å². The highest BCUT2D eigenvalue weighted by atomic mass is 15.0. The molecule has 3 heterocycles. The summed E-state index contributed by atoms with van der Waals surface area (Å²) in [7, 11) is 4.17. The standard InChI is InChI=1S/C14H15BN3/c1-17-9-4-3-7-14(17)15-10-12-6-5-8-16-13(12)11-18(15)2/h3-11H,1-2H3/q+1. The molecule has 0 N–H and O–H groups in total. The van der Waals surface area contributed by atoms with Crippen molar-refractivity contribution in [3.05, 3.63) is 53.3 Å². The van der Waals surface area contributed by atoms with Crippen LogP contribution in [0.15, 0.2) is 42.7 Å². The largest absolute Gasteiger partial charge is 0.409 e. The van der Waals surface area contributed by atoms with E-state index in [1.807, 2.05) is 18.3 Å². The highest BCUT2D eigenvalue weighted by Gasteiger charge is 2.28. The van der Waals surface area contributed by atoms with Gasteiger partial charge >= 0.3 is 6.85 Å². The van der Waals surface area contributed by atoms with E-state index < -0.39 is 0 Å². The third-order valence-electron chi connectivity index (χ3n) is 3.37. The van der Waals surface area contributed by atoms with Crippen LogP contribution in [0.5, 0.6) is 0 Å². The summed E-state index contributed by atoms with van der Waals surface area (Å²) in [6, 6.07) is 10.4. The van der Waals surface area contributed by atoms with Crippen molar-refractivity contribution < 1.29 is 4.57 Å². The van der Waals surface area contributed by atoms with E-state index in [1.54, 1.807) is 0 Å². The first kappa shape index (κ1) is 11.0. The van der Waals surface area contributed by atoms with Crippen molar-refractivity contribution in [3.63, 3.8) is 0 Å². The van der Waals surface area contributed by atoms with E-state index in [0.717, 1.165) is 5.35 Å². The van der Waals surface area contributed by atoms with Crippen LogP contribution in [-0.2, 0) is 7.05 Å². The summed E-state index contributed by atoms with van der Waals surface area (Å²) in [5.41, 5.74) is 1.27. The number of hydrogen-bond donors (Lipinski definition) is 0. The van der Waals surface area contributed by atoms with Crippen molar-refractivity contribution in [3.8, 4) is 0 Å². The maximum atomic E-state index is 4.38. The Balaban J connectivity index is 2.16. The van der Waals surface area contributed by atoms with E-state index >= 15 is 0 Å². The van der Waals surface area contributed by atoms with E-state index in [0.29, 0.717) is 0 Å². The molecule has 0 aromatic carbocycles. The maximum Gasteiger partial charge on any atom is 0.396 e. The first-order chi connectivity index (χ1) is 8.75. The second-order valence-electron chi connectivity index (χ2n) is 4.62. The number of aryl methyl sites for hydroxylation is 1. The normalized spacial score (nSPS) is 13.7. The first-order valence-electron chi connectivity index (χ1n) is 6.07. The molecule has 18 heavy (non-hydrogen) atoms. The molecule has 1 aliphatic rings.